The predicted octanol–water partition coefficient (Wildman–Crippen LogP) is 2.42. The molecule has 0 bridgehead atoms. The molecule has 0 spiro atoms. The van der Waals surface area contributed by atoms with Gasteiger partial charge >= 0.3 is 0 Å². The maximum absolute atomic E-state index is 9.80. The van der Waals surface area contributed by atoms with Crippen LogP contribution in [0.4, 0.5) is 11.5 Å². The fourth-order valence-corrected chi connectivity index (χ4v) is 3.00. The maximum atomic E-state index is 9.80. The Morgan fingerprint density at radius 3 is 3.00 bits per heavy atom. The molecule has 1 aliphatic rings. The van der Waals surface area contributed by atoms with Gasteiger partial charge in [-0.2, -0.15) is 4.98 Å². The zero-order valence-corrected chi connectivity index (χ0v) is 12.4. The number of aromatic nitrogens is 1. The molecule has 5 heteroatoms. The summed E-state index contributed by atoms with van der Waals surface area (Å²) in [6.45, 7) is 4.78. The Kier molecular flexibility index (Phi) is 4.70. The zero-order chi connectivity index (χ0) is 14.6. The van der Waals surface area contributed by atoms with Crippen molar-refractivity contribution in [2.75, 3.05) is 24.3 Å². The van der Waals surface area contributed by atoms with E-state index in [2.05, 4.69) is 17.2 Å². The fraction of sp³-hybridized carbons (Fsp3) is 0.667. The quantitative estimate of drug-likeness (QED) is 0.771. The van der Waals surface area contributed by atoms with Crippen molar-refractivity contribution in [3.05, 3.63) is 12.1 Å². The first-order valence-electron chi connectivity index (χ1n) is 7.37. The summed E-state index contributed by atoms with van der Waals surface area (Å²) in [6.07, 6.45) is 4.27. The SMILES string of the molecule is CCOc1nc(NC2(CO)CCCC(C)C2)ccc1N. The van der Waals surface area contributed by atoms with Gasteiger partial charge in [-0.05, 0) is 37.8 Å². The minimum absolute atomic E-state index is 0.118. The van der Waals surface area contributed by atoms with Gasteiger partial charge in [-0.25, -0.2) is 0 Å². The van der Waals surface area contributed by atoms with E-state index in [1.54, 1.807) is 6.07 Å². The van der Waals surface area contributed by atoms with Crippen LogP contribution in [0.15, 0.2) is 12.1 Å². The molecule has 2 unspecified atom stereocenters. The number of nitrogens with zero attached hydrogens (tertiary/aromatic N) is 1. The molecule has 0 radical (unpaired) electrons. The number of aliphatic hydroxyl groups excluding tert-OH is 1. The number of nitrogens with one attached hydrogen (secondary N) is 1. The van der Waals surface area contributed by atoms with E-state index in [-0.39, 0.29) is 12.1 Å². The molecule has 0 amide bonds. The van der Waals surface area contributed by atoms with Crippen molar-refractivity contribution in [1.82, 2.24) is 4.98 Å². The molecule has 0 saturated heterocycles. The molecule has 4 N–H and O–H groups in total. The molecule has 2 atom stereocenters. The van der Waals surface area contributed by atoms with Gasteiger partial charge in [0.25, 0.3) is 0 Å². The molecule has 5 nitrogen and oxygen atoms in total. The number of anilines is 2. The second-order valence-electron chi connectivity index (χ2n) is 5.79. The van der Waals surface area contributed by atoms with E-state index in [1.807, 2.05) is 13.0 Å². The first-order chi connectivity index (χ1) is 9.58. The standard InChI is InChI=1S/C15H25N3O2/c1-3-20-14-12(16)6-7-13(17-14)18-15(10-19)8-4-5-11(2)9-15/h6-7,11,19H,3-5,8-10,16H2,1-2H3,(H,17,18). The molecule has 1 aliphatic carbocycles. The third-order valence-electron chi connectivity index (χ3n) is 3.96. The molecule has 112 valence electrons. The van der Waals surface area contributed by atoms with Gasteiger partial charge < -0.3 is 20.9 Å². The number of nitrogens with two attached hydrogens (primary N) is 1. The average molecular weight is 279 g/mol. The average Bonchev–Trinajstić information content (AvgIpc) is 2.43. The summed E-state index contributed by atoms with van der Waals surface area (Å²) in [4.78, 5) is 4.40. The lowest BCUT2D eigenvalue weighted by Gasteiger charge is -2.39. The van der Waals surface area contributed by atoms with Gasteiger partial charge in [-0.15, -0.1) is 0 Å². The largest absolute Gasteiger partial charge is 0.476 e. The minimum atomic E-state index is -0.274. The van der Waals surface area contributed by atoms with Crippen LogP contribution in [0.5, 0.6) is 5.88 Å². The van der Waals surface area contributed by atoms with Gasteiger partial charge in [-0.3, -0.25) is 0 Å². The third kappa shape index (κ3) is 3.33. The highest BCUT2D eigenvalue weighted by Gasteiger charge is 2.34. The van der Waals surface area contributed by atoms with Crippen molar-refractivity contribution >= 4 is 11.5 Å². The van der Waals surface area contributed by atoms with Crippen LogP contribution >= 0.6 is 0 Å². The number of rotatable bonds is 5. The minimum Gasteiger partial charge on any atom is -0.476 e. The summed E-state index contributed by atoms with van der Waals surface area (Å²) < 4.78 is 5.42. The Bertz CT molecular complexity index is 453. The maximum Gasteiger partial charge on any atom is 0.239 e. The normalized spacial score (nSPS) is 26.2. The molecule has 1 fully saturated rings. The van der Waals surface area contributed by atoms with Crippen LogP contribution in [0, 0.1) is 5.92 Å². The van der Waals surface area contributed by atoms with Crippen LogP contribution < -0.4 is 15.8 Å². The van der Waals surface area contributed by atoms with Crippen molar-refractivity contribution in [2.45, 2.75) is 45.1 Å². The lowest BCUT2D eigenvalue weighted by atomic mass is 9.77. The van der Waals surface area contributed by atoms with Crippen molar-refractivity contribution in [1.29, 1.82) is 0 Å². The Morgan fingerprint density at radius 1 is 1.55 bits per heavy atom. The second kappa shape index (κ2) is 6.31. The van der Waals surface area contributed by atoms with Crippen molar-refractivity contribution in [2.24, 2.45) is 5.92 Å². The summed E-state index contributed by atoms with van der Waals surface area (Å²) in [5, 5.41) is 13.2. The Labute approximate surface area is 120 Å². The lowest BCUT2D eigenvalue weighted by molar-refractivity contribution is 0.149. The molecular weight excluding hydrogens is 254 g/mol. The molecule has 1 heterocycles. The van der Waals surface area contributed by atoms with Crippen LogP contribution in [0.25, 0.3) is 0 Å². The number of nitrogen functional groups attached to an aromatic ring is 1. The number of pyridine rings is 1. The van der Waals surface area contributed by atoms with E-state index in [0.29, 0.717) is 29.9 Å². The van der Waals surface area contributed by atoms with Gasteiger partial charge in [0.2, 0.25) is 5.88 Å². The van der Waals surface area contributed by atoms with Crippen LogP contribution in [0.3, 0.4) is 0 Å². The third-order valence-corrected chi connectivity index (χ3v) is 3.96. The smallest absolute Gasteiger partial charge is 0.239 e. The van der Waals surface area contributed by atoms with E-state index in [9.17, 15) is 5.11 Å². The highest BCUT2D eigenvalue weighted by atomic mass is 16.5. The van der Waals surface area contributed by atoms with Crippen LogP contribution in [-0.2, 0) is 0 Å². The molecular formula is C15H25N3O2. The van der Waals surface area contributed by atoms with Crippen molar-refractivity contribution in [3.8, 4) is 5.88 Å². The Balaban J connectivity index is 2.16. The van der Waals surface area contributed by atoms with E-state index in [0.717, 1.165) is 19.3 Å². The van der Waals surface area contributed by atoms with Crippen LogP contribution in [-0.4, -0.2) is 28.8 Å². The topological polar surface area (TPSA) is 80.4 Å². The number of hydrogen-bond acceptors (Lipinski definition) is 5. The summed E-state index contributed by atoms with van der Waals surface area (Å²) in [7, 11) is 0. The van der Waals surface area contributed by atoms with Crippen LogP contribution in [0.1, 0.15) is 39.5 Å². The van der Waals surface area contributed by atoms with E-state index < -0.39 is 0 Å². The van der Waals surface area contributed by atoms with E-state index >= 15 is 0 Å². The zero-order valence-electron chi connectivity index (χ0n) is 12.4. The molecule has 1 saturated carbocycles. The highest BCUT2D eigenvalue weighted by Crippen LogP contribution is 2.35. The predicted molar refractivity (Wildman–Crippen MR) is 80.9 cm³/mol. The molecule has 1 aromatic heterocycles. The number of hydrogen-bond donors (Lipinski definition) is 3. The first kappa shape index (κ1) is 14.9. The van der Waals surface area contributed by atoms with Gasteiger partial charge in [0, 0.05) is 0 Å². The fourth-order valence-electron chi connectivity index (χ4n) is 3.00. The first-order valence-corrected chi connectivity index (χ1v) is 7.37. The molecule has 2 rings (SSSR count). The number of ether oxygens (including phenoxy) is 1. The number of aliphatic hydroxyl groups is 1. The Hall–Kier alpha value is -1.49. The Morgan fingerprint density at radius 2 is 2.35 bits per heavy atom. The summed E-state index contributed by atoms with van der Waals surface area (Å²) >= 11 is 0. The van der Waals surface area contributed by atoms with E-state index in [1.165, 1.54) is 6.42 Å². The van der Waals surface area contributed by atoms with Gasteiger partial charge in [0.1, 0.15) is 5.82 Å². The molecule has 20 heavy (non-hydrogen) atoms. The monoisotopic (exact) mass is 279 g/mol. The van der Waals surface area contributed by atoms with Crippen molar-refractivity contribution in [3.63, 3.8) is 0 Å². The highest BCUT2D eigenvalue weighted by molar-refractivity contribution is 5.54. The van der Waals surface area contributed by atoms with Crippen molar-refractivity contribution < 1.29 is 9.84 Å². The van der Waals surface area contributed by atoms with Gasteiger partial charge in [-0.1, -0.05) is 19.8 Å². The molecule has 0 aromatic carbocycles. The van der Waals surface area contributed by atoms with Gasteiger partial charge in [0.05, 0.1) is 24.4 Å². The van der Waals surface area contributed by atoms with Crippen LogP contribution in [0.2, 0.25) is 0 Å². The lowest BCUT2D eigenvalue weighted by Crippen LogP contribution is -2.46. The van der Waals surface area contributed by atoms with E-state index in [4.69, 9.17) is 10.5 Å². The summed E-state index contributed by atoms with van der Waals surface area (Å²) in [6, 6.07) is 3.63. The second-order valence-corrected chi connectivity index (χ2v) is 5.79. The van der Waals surface area contributed by atoms with Gasteiger partial charge in [0.15, 0.2) is 0 Å². The summed E-state index contributed by atoms with van der Waals surface area (Å²) in [5.41, 5.74) is 6.09. The molecule has 0 aliphatic heterocycles. The summed E-state index contributed by atoms with van der Waals surface area (Å²) in [5.74, 6) is 1.78. The molecule has 1 aromatic rings.